The molecule has 0 bridgehead atoms. The maximum atomic E-state index is 11.4. The van der Waals surface area contributed by atoms with Gasteiger partial charge in [-0.15, -0.1) is 11.8 Å². The zero-order chi connectivity index (χ0) is 15.4. The average Bonchev–Trinajstić information content (AvgIpc) is 2.90. The van der Waals surface area contributed by atoms with Crippen molar-refractivity contribution in [3.05, 3.63) is 17.1 Å². The van der Waals surface area contributed by atoms with Crippen LogP contribution in [0.25, 0.3) is 0 Å². The zero-order valence-corrected chi connectivity index (χ0v) is 13.7. The van der Waals surface area contributed by atoms with E-state index in [-0.39, 0.29) is 11.5 Å². The summed E-state index contributed by atoms with van der Waals surface area (Å²) in [5, 5.41) is 9.99. The Kier molecular flexibility index (Phi) is 5.58. The summed E-state index contributed by atoms with van der Waals surface area (Å²) in [7, 11) is 0. The number of carboxylic acids is 1. The molecule has 21 heavy (non-hydrogen) atoms. The first kappa shape index (κ1) is 16.2. The molecule has 1 aromatic rings. The van der Waals surface area contributed by atoms with E-state index in [1.807, 2.05) is 13.8 Å². The minimum atomic E-state index is -0.938. The third-order valence-electron chi connectivity index (χ3n) is 3.65. The van der Waals surface area contributed by atoms with Gasteiger partial charge in [0.25, 0.3) is 0 Å². The van der Waals surface area contributed by atoms with Crippen LogP contribution in [0, 0.1) is 6.92 Å². The Hall–Kier alpha value is -1.14. The number of nitrogens with zero attached hydrogens (tertiary/aromatic N) is 3. The lowest BCUT2D eigenvalue weighted by Crippen LogP contribution is -2.22. The minimum Gasteiger partial charge on any atom is -0.478 e. The van der Waals surface area contributed by atoms with Crippen molar-refractivity contribution in [1.29, 1.82) is 0 Å². The number of hydrogen-bond donors (Lipinski definition) is 1. The van der Waals surface area contributed by atoms with Crippen molar-refractivity contribution in [3.63, 3.8) is 0 Å². The van der Waals surface area contributed by atoms with Gasteiger partial charge in [-0.1, -0.05) is 13.8 Å². The molecule has 0 unspecified atom stereocenters. The van der Waals surface area contributed by atoms with Crippen LogP contribution in [-0.2, 0) is 0 Å². The summed E-state index contributed by atoms with van der Waals surface area (Å²) >= 11 is 1.53. The van der Waals surface area contributed by atoms with E-state index in [9.17, 15) is 9.90 Å². The van der Waals surface area contributed by atoms with Crippen LogP contribution in [0.1, 0.15) is 54.5 Å². The fourth-order valence-electron chi connectivity index (χ4n) is 2.45. The maximum absolute atomic E-state index is 11.4. The van der Waals surface area contributed by atoms with Gasteiger partial charge in [0.15, 0.2) is 0 Å². The fraction of sp³-hybridized carbons (Fsp3) is 0.667. The summed E-state index contributed by atoms with van der Waals surface area (Å²) < 4.78 is 0. The molecule has 0 saturated carbocycles. The van der Waals surface area contributed by atoms with Gasteiger partial charge in [-0.25, -0.2) is 14.8 Å². The van der Waals surface area contributed by atoms with Gasteiger partial charge in [0, 0.05) is 18.2 Å². The quantitative estimate of drug-likeness (QED) is 0.644. The van der Waals surface area contributed by atoms with Crippen molar-refractivity contribution >= 4 is 17.7 Å². The third kappa shape index (κ3) is 4.17. The number of rotatable bonds is 6. The number of aryl methyl sites for hydroxylation is 1. The van der Waals surface area contributed by atoms with Crippen LogP contribution in [0.15, 0.2) is 5.03 Å². The molecule has 2 rings (SSSR count). The second-order valence-electron chi connectivity index (χ2n) is 5.70. The molecule has 116 valence electrons. The van der Waals surface area contributed by atoms with Crippen LogP contribution < -0.4 is 0 Å². The molecule has 0 aromatic carbocycles. The smallest absolute Gasteiger partial charge is 0.340 e. The Morgan fingerprint density at radius 2 is 2.00 bits per heavy atom. The molecule has 0 radical (unpaired) electrons. The van der Waals surface area contributed by atoms with Crippen LogP contribution in [0.5, 0.6) is 0 Å². The Morgan fingerprint density at radius 1 is 1.33 bits per heavy atom. The number of aromatic carboxylic acids is 1. The molecule has 2 heterocycles. The normalized spacial score (nSPS) is 15.8. The number of thioether (sulfide) groups is 1. The molecule has 0 spiro atoms. The molecule has 0 atom stereocenters. The lowest BCUT2D eigenvalue weighted by molar-refractivity contribution is 0.0690. The van der Waals surface area contributed by atoms with E-state index in [4.69, 9.17) is 0 Å². The first-order valence-electron chi connectivity index (χ1n) is 7.46. The molecule has 1 saturated heterocycles. The summed E-state index contributed by atoms with van der Waals surface area (Å²) in [5.41, 5.74) is 0.815. The molecule has 0 aliphatic carbocycles. The van der Waals surface area contributed by atoms with E-state index in [1.165, 1.54) is 24.6 Å². The zero-order valence-electron chi connectivity index (χ0n) is 12.9. The summed E-state index contributed by atoms with van der Waals surface area (Å²) in [6, 6.07) is 0. The van der Waals surface area contributed by atoms with E-state index >= 15 is 0 Å². The molecule has 0 amide bonds. The van der Waals surface area contributed by atoms with Crippen molar-refractivity contribution < 1.29 is 9.90 Å². The van der Waals surface area contributed by atoms with E-state index in [1.54, 1.807) is 6.92 Å². The van der Waals surface area contributed by atoms with Crippen LogP contribution >= 0.6 is 11.8 Å². The van der Waals surface area contributed by atoms with Crippen molar-refractivity contribution in [2.45, 2.75) is 44.6 Å². The number of likely N-dealkylation sites (tertiary alicyclic amines) is 1. The average molecular weight is 309 g/mol. The molecule has 1 aliphatic heterocycles. The van der Waals surface area contributed by atoms with Gasteiger partial charge < -0.3 is 10.0 Å². The first-order chi connectivity index (χ1) is 9.99. The Bertz CT molecular complexity index is 514. The van der Waals surface area contributed by atoms with E-state index in [0.717, 1.165) is 31.2 Å². The largest absolute Gasteiger partial charge is 0.478 e. The number of aromatic nitrogens is 2. The molecule has 1 fully saturated rings. The molecule has 1 aromatic heterocycles. The van der Waals surface area contributed by atoms with Gasteiger partial charge in [-0.2, -0.15) is 0 Å². The monoisotopic (exact) mass is 309 g/mol. The summed E-state index contributed by atoms with van der Waals surface area (Å²) in [6.07, 6.45) is 2.55. The molecular formula is C15H23N3O2S. The highest BCUT2D eigenvalue weighted by molar-refractivity contribution is 7.99. The van der Waals surface area contributed by atoms with Gasteiger partial charge in [0.1, 0.15) is 16.4 Å². The highest BCUT2D eigenvalue weighted by Gasteiger charge is 2.20. The number of hydrogen-bond acceptors (Lipinski definition) is 5. The van der Waals surface area contributed by atoms with Crippen molar-refractivity contribution in [1.82, 2.24) is 14.9 Å². The second-order valence-corrected chi connectivity index (χ2v) is 6.79. The van der Waals surface area contributed by atoms with Crippen LogP contribution in [0.4, 0.5) is 0 Å². The van der Waals surface area contributed by atoms with E-state index in [2.05, 4.69) is 14.9 Å². The first-order valence-corrected chi connectivity index (χ1v) is 8.44. The molecule has 1 aliphatic rings. The lowest BCUT2D eigenvalue weighted by Gasteiger charge is -2.15. The predicted octanol–water partition coefficient (Wildman–Crippen LogP) is 2.79. The molecular weight excluding hydrogens is 286 g/mol. The summed E-state index contributed by atoms with van der Waals surface area (Å²) in [4.78, 5) is 22.7. The van der Waals surface area contributed by atoms with Crippen LogP contribution in [0.2, 0.25) is 0 Å². The summed E-state index contributed by atoms with van der Waals surface area (Å²) in [6.45, 7) is 9.10. The van der Waals surface area contributed by atoms with Gasteiger partial charge in [-0.05, 0) is 32.9 Å². The van der Waals surface area contributed by atoms with Crippen molar-refractivity contribution in [2.75, 3.05) is 25.4 Å². The van der Waals surface area contributed by atoms with Gasteiger partial charge in [0.2, 0.25) is 0 Å². The minimum absolute atomic E-state index is 0.199. The number of carboxylic acid groups (broad SMARTS) is 1. The molecule has 1 N–H and O–H groups in total. The highest BCUT2D eigenvalue weighted by atomic mass is 32.2. The maximum Gasteiger partial charge on any atom is 0.340 e. The molecule has 6 heteroatoms. The Morgan fingerprint density at radius 3 is 2.57 bits per heavy atom. The van der Waals surface area contributed by atoms with Gasteiger partial charge in [0.05, 0.1) is 5.69 Å². The van der Waals surface area contributed by atoms with Crippen molar-refractivity contribution in [3.8, 4) is 0 Å². The highest BCUT2D eigenvalue weighted by Crippen LogP contribution is 2.25. The second kappa shape index (κ2) is 7.22. The predicted molar refractivity (Wildman–Crippen MR) is 84.2 cm³/mol. The topological polar surface area (TPSA) is 66.3 Å². The standard InChI is InChI=1S/C15H23N3O2S/c1-10(2)13-16-11(3)12(15(19)20)14(17-13)21-9-8-18-6-4-5-7-18/h10H,4-9H2,1-3H3,(H,19,20). The van der Waals surface area contributed by atoms with Gasteiger partial charge >= 0.3 is 5.97 Å². The molecule has 5 nitrogen and oxygen atoms in total. The number of carbonyl (C=O) groups is 1. The van der Waals surface area contributed by atoms with Crippen LogP contribution in [0.3, 0.4) is 0 Å². The van der Waals surface area contributed by atoms with E-state index in [0.29, 0.717) is 10.7 Å². The van der Waals surface area contributed by atoms with Crippen LogP contribution in [-0.4, -0.2) is 51.3 Å². The van der Waals surface area contributed by atoms with Gasteiger partial charge in [-0.3, -0.25) is 0 Å². The lowest BCUT2D eigenvalue weighted by atomic mass is 10.2. The van der Waals surface area contributed by atoms with E-state index < -0.39 is 5.97 Å². The fourth-order valence-corrected chi connectivity index (χ4v) is 3.53. The van der Waals surface area contributed by atoms with Crippen molar-refractivity contribution in [2.24, 2.45) is 0 Å². The Balaban J connectivity index is 2.12. The summed E-state index contributed by atoms with van der Waals surface area (Å²) in [5.74, 6) is 0.853. The Labute approximate surface area is 130 Å². The third-order valence-corrected chi connectivity index (χ3v) is 4.60. The SMILES string of the molecule is Cc1nc(C(C)C)nc(SCCN2CCCC2)c1C(=O)O.